The smallest absolute Gasteiger partial charge is 0.159 e. The molecule has 1 aromatic rings. The lowest BCUT2D eigenvalue weighted by molar-refractivity contribution is 0.440. The highest BCUT2D eigenvalue weighted by Crippen LogP contribution is 2.28. The minimum Gasteiger partial charge on any atom is -0.330 e. The van der Waals surface area contributed by atoms with Gasteiger partial charge in [0.2, 0.25) is 0 Å². The average Bonchev–Trinajstić information content (AvgIpc) is 2.63. The van der Waals surface area contributed by atoms with Crippen molar-refractivity contribution in [3.05, 3.63) is 35.4 Å². The summed E-state index contributed by atoms with van der Waals surface area (Å²) < 4.78 is 25.9. The van der Waals surface area contributed by atoms with Crippen LogP contribution in [0.2, 0.25) is 0 Å². The summed E-state index contributed by atoms with van der Waals surface area (Å²) >= 11 is 0. The van der Waals surface area contributed by atoms with Gasteiger partial charge in [0.15, 0.2) is 11.6 Å². The fourth-order valence-corrected chi connectivity index (χ4v) is 2.10. The van der Waals surface area contributed by atoms with Gasteiger partial charge in [0.1, 0.15) is 0 Å². The molecule has 1 aromatic carbocycles. The van der Waals surface area contributed by atoms with Crippen LogP contribution in [0.5, 0.6) is 0 Å². The Balaban J connectivity index is 2.27. The minimum atomic E-state index is -0.827. The van der Waals surface area contributed by atoms with Crippen LogP contribution in [0.15, 0.2) is 18.2 Å². The first-order valence-corrected chi connectivity index (χ1v) is 5.29. The molecule has 0 amide bonds. The van der Waals surface area contributed by atoms with Crippen molar-refractivity contribution in [2.45, 2.75) is 19.0 Å². The summed E-state index contributed by atoms with van der Waals surface area (Å²) in [5, 5.41) is 0. The molecular formula is C11H15F2N3. The number of nitrogens with one attached hydrogen (secondary N) is 2. The maximum atomic E-state index is 13.1. The van der Waals surface area contributed by atoms with Crippen molar-refractivity contribution in [2.75, 3.05) is 6.54 Å². The third-order valence-electron chi connectivity index (χ3n) is 3.11. The summed E-state index contributed by atoms with van der Waals surface area (Å²) in [5.41, 5.74) is 12.5. The first-order chi connectivity index (χ1) is 7.63. The van der Waals surface area contributed by atoms with Gasteiger partial charge in [-0.1, -0.05) is 6.07 Å². The minimum absolute atomic E-state index is 0.0740. The second kappa shape index (κ2) is 4.45. The highest BCUT2D eigenvalue weighted by atomic mass is 19.2. The monoisotopic (exact) mass is 227 g/mol. The number of halogens is 2. The summed E-state index contributed by atoms with van der Waals surface area (Å²) in [7, 11) is 0. The average molecular weight is 227 g/mol. The van der Waals surface area contributed by atoms with Crippen LogP contribution < -0.4 is 16.6 Å². The fraction of sp³-hybridized carbons (Fsp3) is 0.455. The molecule has 1 fully saturated rings. The second-order valence-corrected chi connectivity index (χ2v) is 4.13. The van der Waals surface area contributed by atoms with Crippen LogP contribution in [-0.2, 0) is 0 Å². The van der Waals surface area contributed by atoms with E-state index in [-0.39, 0.29) is 18.0 Å². The van der Waals surface area contributed by atoms with Gasteiger partial charge in [-0.3, -0.25) is 5.43 Å². The van der Waals surface area contributed by atoms with Crippen molar-refractivity contribution in [3.8, 4) is 0 Å². The molecule has 1 heterocycles. The maximum Gasteiger partial charge on any atom is 0.159 e. The van der Waals surface area contributed by atoms with E-state index in [4.69, 9.17) is 5.73 Å². The summed E-state index contributed by atoms with van der Waals surface area (Å²) in [5.74, 6) is -1.48. The van der Waals surface area contributed by atoms with E-state index in [1.807, 2.05) is 6.92 Å². The molecule has 1 aliphatic rings. The molecule has 0 aromatic heterocycles. The highest BCUT2D eigenvalue weighted by molar-refractivity contribution is 5.23. The van der Waals surface area contributed by atoms with Crippen LogP contribution in [0.3, 0.4) is 0 Å². The van der Waals surface area contributed by atoms with E-state index in [0.29, 0.717) is 12.1 Å². The third kappa shape index (κ3) is 1.93. The van der Waals surface area contributed by atoms with E-state index >= 15 is 0 Å². The Hall–Kier alpha value is -1.04. The zero-order valence-electron chi connectivity index (χ0n) is 9.00. The lowest BCUT2D eigenvalue weighted by atomic mass is 9.90. The third-order valence-corrected chi connectivity index (χ3v) is 3.11. The number of benzene rings is 1. The lowest BCUT2D eigenvalue weighted by Crippen LogP contribution is -2.30. The quantitative estimate of drug-likeness (QED) is 0.708. The SMILES string of the molecule is CC1NNC(c2ccc(F)c(F)c2)C1CN. The predicted octanol–water partition coefficient (Wildman–Crippen LogP) is 1.08. The fourth-order valence-electron chi connectivity index (χ4n) is 2.10. The van der Waals surface area contributed by atoms with Crippen molar-refractivity contribution in [1.82, 2.24) is 10.9 Å². The van der Waals surface area contributed by atoms with Crippen molar-refractivity contribution < 1.29 is 8.78 Å². The molecule has 88 valence electrons. The largest absolute Gasteiger partial charge is 0.330 e. The van der Waals surface area contributed by atoms with Crippen LogP contribution >= 0.6 is 0 Å². The normalized spacial score (nSPS) is 29.6. The van der Waals surface area contributed by atoms with Gasteiger partial charge < -0.3 is 5.73 Å². The van der Waals surface area contributed by atoms with E-state index in [9.17, 15) is 8.78 Å². The highest BCUT2D eigenvalue weighted by Gasteiger charge is 2.33. The second-order valence-electron chi connectivity index (χ2n) is 4.13. The molecule has 0 spiro atoms. The van der Waals surface area contributed by atoms with Crippen molar-refractivity contribution >= 4 is 0 Å². The van der Waals surface area contributed by atoms with Gasteiger partial charge in [-0.2, -0.15) is 0 Å². The van der Waals surface area contributed by atoms with Crippen LogP contribution in [0.1, 0.15) is 18.5 Å². The molecule has 1 saturated heterocycles. The van der Waals surface area contributed by atoms with Crippen molar-refractivity contribution in [2.24, 2.45) is 11.7 Å². The van der Waals surface area contributed by atoms with Gasteiger partial charge in [-0.25, -0.2) is 14.2 Å². The number of hydrazine groups is 1. The first kappa shape index (κ1) is 11.4. The number of rotatable bonds is 2. The van der Waals surface area contributed by atoms with Crippen LogP contribution in [0.4, 0.5) is 8.78 Å². The van der Waals surface area contributed by atoms with Gasteiger partial charge in [-0.05, 0) is 31.2 Å². The van der Waals surface area contributed by atoms with Crippen molar-refractivity contribution in [3.63, 3.8) is 0 Å². The Labute approximate surface area is 93.0 Å². The number of hydrogen-bond donors (Lipinski definition) is 3. The van der Waals surface area contributed by atoms with Gasteiger partial charge in [0, 0.05) is 12.0 Å². The van der Waals surface area contributed by atoms with Crippen LogP contribution in [-0.4, -0.2) is 12.6 Å². The Morgan fingerprint density at radius 2 is 2.00 bits per heavy atom. The molecule has 16 heavy (non-hydrogen) atoms. The van der Waals surface area contributed by atoms with Gasteiger partial charge in [0.05, 0.1) is 6.04 Å². The van der Waals surface area contributed by atoms with Gasteiger partial charge >= 0.3 is 0 Å². The molecule has 3 atom stereocenters. The molecule has 2 rings (SSSR count). The number of hydrogen-bond acceptors (Lipinski definition) is 3. The maximum absolute atomic E-state index is 13.1. The summed E-state index contributed by atoms with van der Waals surface area (Å²) in [4.78, 5) is 0. The van der Waals surface area contributed by atoms with E-state index < -0.39 is 11.6 Å². The lowest BCUT2D eigenvalue weighted by Gasteiger charge is -2.19. The predicted molar refractivity (Wildman–Crippen MR) is 57.4 cm³/mol. The van der Waals surface area contributed by atoms with E-state index in [1.165, 1.54) is 6.07 Å². The van der Waals surface area contributed by atoms with E-state index in [0.717, 1.165) is 6.07 Å². The van der Waals surface area contributed by atoms with Crippen LogP contribution in [0.25, 0.3) is 0 Å². The molecule has 0 aliphatic carbocycles. The van der Waals surface area contributed by atoms with Gasteiger partial charge in [-0.15, -0.1) is 0 Å². The van der Waals surface area contributed by atoms with Crippen LogP contribution in [0, 0.1) is 17.6 Å². The Bertz CT molecular complexity index is 383. The molecule has 3 unspecified atom stereocenters. The van der Waals surface area contributed by atoms with Crippen molar-refractivity contribution in [1.29, 1.82) is 0 Å². The summed E-state index contributed by atoms with van der Waals surface area (Å²) in [6.07, 6.45) is 0. The Morgan fingerprint density at radius 3 is 2.62 bits per heavy atom. The first-order valence-electron chi connectivity index (χ1n) is 5.29. The summed E-state index contributed by atoms with van der Waals surface area (Å²) in [6.45, 7) is 2.50. The number of nitrogens with two attached hydrogens (primary N) is 1. The molecule has 0 radical (unpaired) electrons. The molecular weight excluding hydrogens is 212 g/mol. The van der Waals surface area contributed by atoms with E-state index in [1.54, 1.807) is 6.07 Å². The molecule has 4 N–H and O–H groups in total. The molecule has 0 saturated carbocycles. The standard InChI is InChI=1S/C11H15F2N3/c1-6-8(5-14)11(16-15-6)7-2-3-9(12)10(13)4-7/h2-4,6,8,11,15-16H,5,14H2,1H3. The molecule has 3 nitrogen and oxygen atoms in total. The molecule has 5 heteroatoms. The molecule has 1 aliphatic heterocycles. The summed E-state index contributed by atoms with van der Waals surface area (Å²) in [6, 6.07) is 4.08. The van der Waals surface area contributed by atoms with E-state index in [2.05, 4.69) is 10.9 Å². The Morgan fingerprint density at radius 1 is 1.25 bits per heavy atom. The molecule has 0 bridgehead atoms. The Kier molecular flexibility index (Phi) is 3.18. The zero-order valence-corrected chi connectivity index (χ0v) is 9.00. The topological polar surface area (TPSA) is 50.1 Å². The zero-order chi connectivity index (χ0) is 11.7. The van der Waals surface area contributed by atoms with Gasteiger partial charge in [0.25, 0.3) is 0 Å².